The zero-order valence-corrected chi connectivity index (χ0v) is 29.4. The van der Waals surface area contributed by atoms with E-state index in [2.05, 4.69) is 38.8 Å². The lowest BCUT2D eigenvalue weighted by atomic mass is 10.1. The van der Waals surface area contributed by atoms with Gasteiger partial charge in [0.2, 0.25) is 5.88 Å². The highest BCUT2D eigenvalue weighted by Crippen LogP contribution is 2.40. The number of nitrogens with two attached hydrogens (primary N) is 1. The van der Waals surface area contributed by atoms with Crippen LogP contribution in [0, 0.1) is 0 Å². The summed E-state index contributed by atoms with van der Waals surface area (Å²) in [7, 11) is -0.517. The molecule has 0 fully saturated rings. The number of anilines is 1. The van der Waals surface area contributed by atoms with Crippen LogP contribution in [0.4, 0.5) is 10.5 Å². The molecule has 1 aromatic carbocycles. The Hall–Kier alpha value is -2.85. The molecule has 0 saturated heterocycles. The number of aromatic nitrogens is 2. The van der Waals surface area contributed by atoms with Gasteiger partial charge < -0.3 is 24.5 Å². The fourth-order valence-electron chi connectivity index (χ4n) is 4.24. The molecule has 1 amide bonds. The number of amides is 1. The molecule has 11 heteroatoms. The molecule has 43 heavy (non-hydrogen) atoms. The molecule has 0 aliphatic rings. The Morgan fingerprint density at radius 1 is 1.02 bits per heavy atom. The molecule has 0 bridgehead atoms. The number of methoxy groups -OCH3 is 1. The average molecular weight is 648 g/mol. The first-order chi connectivity index (χ1) is 19.8. The molecular formula is C32H44Cl2N4O4Si. The highest BCUT2D eigenvalue weighted by atomic mass is 35.5. The summed E-state index contributed by atoms with van der Waals surface area (Å²) < 4.78 is 18.0. The molecule has 234 valence electrons. The van der Waals surface area contributed by atoms with E-state index in [1.54, 1.807) is 36.4 Å². The minimum absolute atomic E-state index is 0.0352. The number of benzene rings is 1. The molecule has 3 rings (SSSR count). The van der Waals surface area contributed by atoms with Crippen LogP contribution in [0.5, 0.6) is 5.88 Å². The predicted molar refractivity (Wildman–Crippen MR) is 178 cm³/mol. The summed E-state index contributed by atoms with van der Waals surface area (Å²) in [4.78, 5) is 24.2. The number of hydrogen-bond donors (Lipinski definition) is 1. The number of carbonyl (C=O) groups is 1. The molecule has 1 atom stereocenters. The Morgan fingerprint density at radius 2 is 1.70 bits per heavy atom. The number of hydrogen-bond acceptors (Lipinski definition) is 7. The SMILES string of the molecule is COc1nc(-c2ccnc(-c3cccc(N)c3Cl)c2Cl)ccc1CN(C[C@H](C)O[Si](C)(C)C(C)(C)C)C(=O)OC(C)(C)C. The van der Waals surface area contributed by atoms with Crippen molar-refractivity contribution in [3.63, 3.8) is 0 Å². The van der Waals surface area contributed by atoms with Gasteiger partial charge in [0.1, 0.15) is 5.60 Å². The number of ether oxygens (including phenoxy) is 2. The second-order valence-corrected chi connectivity index (χ2v) is 18.7. The summed E-state index contributed by atoms with van der Waals surface area (Å²) in [5.41, 5.74) is 8.84. The van der Waals surface area contributed by atoms with Crippen molar-refractivity contribution in [2.45, 2.75) is 84.8 Å². The number of carbonyl (C=O) groups excluding carboxylic acids is 1. The van der Waals surface area contributed by atoms with E-state index in [4.69, 9.17) is 47.8 Å². The maximum Gasteiger partial charge on any atom is 0.410 e. The van der Waals surface area contributed by atoms with Crippen molar-refractivity contribution in [3.8, 4) is 28.4 Å². The molecule has 2 N–H and O–H groups in total. The second-order valence-electron chi connectivity index (χ2n) is 13.1. The highest BCUT2D eigenvalue weighted by molar-refractivity contribution is 6.74. The van der Waals surface area contributed by atoms with E-state index in [9.17, 15) is 4.79 Å². The number of nitrogens with zero attached hydrogens (tertiary/aromatic N) is 3. The summed E-state index contributed by atoms with van der Waals surface area (Å²) >= 11 is 13.3. The molecule has 0 unspecified atom stereocenters. The quantitative estimate of drug-likeness (QED) is 0.183. The molecule has 2 heterocycles. The molecule has 0 aliphatic heterocycles. The first-order valence-corrected chi connectivity index (χ1v) is 17.9. The van der Waals surface area contributed by atoms with Crippen LogP contribution in [0.2, 0.25) is 28.2 Å². The number of pyridine rings is 2. The van der Waals surface area contributed by atoms with E-state index >= 15 is 0 Å². The van der Waals surface area contributed by atoms with Gasteiger partial charge in [-0.25, -0.2) is 9.78 Å². The average Bonchev–Trinajstić information content (AvgIpc) is 2.88. The zero-order chi connectivity index (χ0) is 32.3. The minimum Gasteiger partial charge on any atom is -0.481 e. The van der Waals surface area contributed by atoms with Crippen molar-refractivity contribution in [3.05, 3.63) is 58.2 Å². The molecule has 0 aliphatic carbocycles. The van der Waals surface area contributed by atoms with Gasteiger partial charge in [0.05, 0.1) is 46.9 Å². The summed E-state index contributed by atoms with van der Waals surface area (Å²) in [6.45, 7) is 19.1. The van der Waals surface area contributed by atoms with Crippen molar-refractivity contribution >= 4 is 43.3 Å². The predicted octanol–water partition coefficient (Wildman–Crippen LogP) is 8.86. The van der Waals surface area contributed by atoms with Crippen LogP contribution in [0.3, 0.4) is 0 Å². The van der Waals surface area contributed by atoms with Crippen molar-refractivity contribution in [1.29, 1.82) is 0 Å². The Kier molecular flexibility index (Phi) is 10.8. The first kappa shape index (κ1) is 34.6. The van der Waals surface area contributed by atoms with Crippen LogP contribution in [-0.4, -0.2) is 54.6 Å². The smallest absolute Gasteiger partial charge is 0.410 e. The van der Waals surface area contributed by atoms with Crippen LogP contribution < -0.4 is 10.5 Å². The normalized spacial score (nSPS) is 13.0. The van der Waals surface area contributed by atoms with E-state index in [-0.39, 0.29) is 17.7 Å². The third-order valence-electron chi connectivity index (χ3n) is 7.37. The Morgan fingerprint density at radius 3 is 2.30 bits per heavy atom. The van der Waals surface area contributed by atoms with Gasteiger partial charge in [0.15, 0.2) is 8.32 Å². The van der Waals surface area contributed by atoms with Crippen molar-refractivity contribution in [2.24, 2.45) is 0 Å². The van der Waals surface area contributed by atoms with E-state index < -0.39 is 20.0 Å². The van der Waals surface area contributed by atoms with Gasteiger partial charge in [-0.1, -0.05) is 56.1 Å². The van der Waals surface area contributed by atoms with E-state index in [0.717, 1.165) is 0 Å². The van der Waals surface area contributed by atoms with Gasteiger partial charge in [-0.15, -0.1) is 0 Å². The molecular weight excluding hydrogens is 603 g/mol. The lowest BCUT2D eigenvalue weighted by Crippen LogP contribution is -2.47. The molecule has 0 spiro atoms. The van der Waals surface area contributed by atoms with E-state index in [1.807, 2.05) is 45.9 Å². The van der Waals surface area contributed by atoms with E-state index in [0.29, 0.717) is 56.2 Å². The van der Waals surface area contributed by atoms with Gasteiger partial charge in [-0.2, -0.15) is 0 Å². The topological polar surface area (TPSA) is 99.8 Å². The Bertz CT molecular complexity index is 1450. The van der Waals surface area contributed by atoms with Crippen LogP contribution in [0.25, 0.3) is 22.5 Å². The summed E-state index contributed by atoms with van der Waals surface area (Å²) in [5.74, 6) is 0.362. The van der Waals surface area contributed by atoms with Gasteiger partial charge in [-0.3, -0.25) is 4.98 Å². The second kappa shape index (κ2) is 13.4. The van der Waals surface area contributed by atoms with Crippen LogP contribution in [-0.2, 0) is 15.7 Å². The van der Waals surface area contributed by atoms with Crippen LogP contribution in [0.15, 0.2) is 42.6 Å². The number of nitrogen functional groups attached to an aromatic ring is 1. The van der Waals surface area contributed by atoms with Crippen LogP contribution in [0.1, 0.15) is 54.0 Å². The first-order valence-electron chi connectivity index (χ1n) is 14.2. The van der Waals surface area contributed by atoms with Gasteiger partial charge in [0, 0.05) is 29.4 Å². The maximum atomic E-state index is 13.4. The van der Waals surface area contributed by atoms with Gasteiger partial charge in [0.25, 0.3) is 0 Å². The lowest BCUT2D eigenvalue weighted by Gasteiger charge is -2.39. The molecule has 2 aromatic heterocycles. The van der Waals surface area contributed by atoms with E-state index in [1.165, 1.54) is 0 Å². The summed E-state index contributed by atoms with van der Waals surface area (Å²) in [5, 5.41) is 0.793. The van der Waals surface area contributed by atoms with Crippen molar-refractivity contribution < 1.29 is 18.7 Å². The molecule has 0 radical (unpaired) electrons. The fourth-order valence-corrected chi connectivity index (χ4v) is 6.20. The Balaban J connectivity index is 1.96. The van der Waals surface area contributed by atoms with Gasteiger partial charge in [-0.05, 0) is 70.1 Å². The van der Waals surface area contributed by atoms with Crippen molar-refractivity contribution in [1.82, 2.24) is 14.9 Å². The lowest BCUT2D eigenvalue weighted by molar-refractivity contribution is 0.0150. The molecule has 3 aromatic rings. The fraction of sp³-hybridized carbons (Fsp3) is 0.469. The summed E-state index contributed by atoms with van der Waals surface area (Å²) in [6.07, 6.45) is 0.997. The standard InChI is InChI=1S/C32H44Cl2N4O4Si/c1-20(42-43(9,10)32(5,6)7)18-38(30(39)41-31(2,3)4)19-21-14-15-25(37-29(21)40-8)22-16-17-36-28(27(22)34)23-12-11-13-24(35)26(23)33/h11-17,20H,18-19,35H2,1-10H3/t20-/m0/s1. The maximum absolute atomic E-state index is 13.4. The Labute approximate surface area is 267 Å². The number of halogens is 2. The molecule has 8 nitrogen and oxygen atoms in total. The van der Waals surface area contributed by atoms with Crippen LogP contribution >= 0.6 is 23.2 Å². The summed E-state index contributed by atoms with van der Waals surface area (Å²) in [6, 6.07) is 10.8. The zero-order valence-electron chi connectivity index (χ0n) is 26.8. The minimum atomic E-state index is -2.06. The van der Waals surface area contributed by atoms with Gasteiger partial charge >= 0.3 is 6.09 Å². The third kappa shape index (κ3) is 8.62. The number of rotatable bonds is 9. The monoisotopic (exact) mass is 646 g/mol. The molecule has 0 saturated carbocycles. The highest BCUT2D eigenvalue weighted by Gasteiger charge is 2.39. The largest absolute Gasteiger partial charge is 0.481 e. The van der Waals surface area contributed by atoms with Crippen molar-refractivity contribution in [2.75, 3.05) is 19.4 Å². The third-order valence-corrected chi connectivity index (χ3v) is 12.8.